The van der Waals surface area contributed by atoms with Gasteiger partial charge in [0.15, 0.2) is 0 Å². The Bertz CT molecular complexity index is 120. The van der Waals surface area contributed by atoms with Crippen molar-refractivity contribution in [3.63, 3.8) is 0 Å². The Morgan fingerprint density at radius 2 is 0.750 bits per heavy atom. The Kier molecular flexibility index (Phi) is 4.32. The molecule has 0 aromatic heterocycles. The molecule has 0 bridgehead atoms. The van der Waals surface area contributed by atoms with Crippen LogP contribution < -0.4 is 0 Å². The molecule has 4 nitrogen and oxygen atoms in total. The van der Waals surface area contributed by atoms with E-state index >= 15 is 0 Å². The van der Waals surface area contributed by atoms with Crippen LogP contribution in [0, 0.1) is 0 Å². The van der Waals surface area contributed by atoms with Crippen molar-refractivity contribution >= 4 is 37.1 Å². The van der Waals surface area contributed by atoms with E-state index in [2.05, 4.69) is 0 Å². The van der Waals surface area contributed by atoms with E-state index in [9.17, 15) is 0 Å². The van der Waals surface area contributed by atoms with Crippen LogP contribution in [0.1, 0.15) is 5.71 Å². The largest absolute Gasteiger partial charge is 1.00 e. The van der Waals surface area contributed by atoms with E-state index in [4.69, 9.17) is 16.5 Å². The second-order valence-corrected chi connectivity index (χ2v) is 11.7. The second-order valence-electron chi connectivity index (χ2n) is 2.81. The summed E-state index contributed by atoms with van der Waals surface area (Å²) in [5, 5.41) is 0. The van der Waals surface area contributed by atoms with Gasteiger partial charge < -0.3 is 16.5 Å². The lowest BCUT2D eigenvalue weighted by Crippen LogP contribution is -2.44. The summed E-state index contributed by atoms with van der Waals surface area (Å²) in [6, 6.07) is 0. The zero-order chi connectivity index (χ0) is 9.14. The van der Waals surface area contributed by atoms with Crippen molar-refractivity contribution in [2.45, 2.75) is 26.2 Å². The molecule has 0 spiro atoms. The number of hydrogen-bond acceptors (Lipinski definition) is 4. The van der Waals surface area contributed by atoms with E-state index < -0.39 is 37.1 Å². The molecule has 0 aromatic carbocycles. The molecule has 72 valence electrons. The van der Waals surface area contributed by atoms with Crippen molar-refractivity contribution in [3.8, 4) is 0 Å². The molecule has 0 unspecified atom stereocenters. The molecule has 0 N–H and O–H groups in total. The zero-order valence-electron chi connectivity index (χ0n) is 11.9. The fraction of sp³-hybridized carbons (Fsp3) is 1.00. The third-order valence-corrected chi connectivity index (χ3v) is 13.8. The quantitative estimate of drug-likeness (QED) is 0.559. The Morgan fingerprint density at radius 3 is 0.917 bits per heavy atom. The van der Waals surface area contributed by atoms with Crippen LogP contribution in [0.2, 0.25) is 26.2 Å². The van der Waals surface area contributed by atoms with Gasteiger partial charge in [-0.15, -0.1) is 0 Å². The van der Waals surface area contributed by atoms with Crippen LogP contribution in [0.25, 0.3) is 0 Å². The molecule has 1 rings (SSSR count). The molecule has 1 aliphatic rings. The molecule has 8 heteroatoms. The van der Waals surface area contributed by atoms with Gasteiger partial charge in [-0.2, -0.15) is 0 Å². The van der Waals surface area contributed by atoms with Crippen molar-refractivity contribution in [1.29, 1.82) is 0 Å². The van der Waals surface area contributed by atoms with E-state index in [0.29, 0.717) is 0 Å². The van der Waals surface area contributed by atoms with Crippen molar-refractivity contribution < 1.29 is 22.2 Å². The number of rotatable bonds is 0. The van der Waals surface area contributed by atoms with Crippen LogP contribution in [0.3, 0.4) is 0 Å². The molecule has 1 heterocycles. The Morgan fingerprint density at radius 1 is 0.583 bits per heavy atom. The number of hydrogen-bond donors (Lipinski definition) is 0. The highest BCUT2D eigenvalue weighted by Gasteiger charge is 2.25. The monoisotopic (exact) mass is 244 g/mol. The molecular weight excluding hydrogens is 224 g/mol. The van der Waals surface area contributed by atoms with Gasteiger partial charge in [0.05, 0.1) is 0 Å². The maximum absolute atomic E-state index is 5.65. The predicted octanol–water partition coefficient (Wildman–Crippen LogP) is -0.0824. The predicted molar refractivity (Wildman–Crippen MR) is 60.8 cm³/mol. The highest BCUT2D eigenvalue weighted by atomic mass is 28.5. The minimum Gasteiger partial charge on any atom is -0.420 e. The molecule has 12 heavy (non-hydrogen) atoms. The van der Waals surface area contributed by atoms with E-state index in [1.807, 2.05) is 26.2 Å². The second kappa shape index (κ2) is 4.81. The molecule has 0 radical (unpaired) electrons. The zero-order valence-corrected chi connectivity index (χ0v) is 12.6. The van der Waals surface area contributed by atoms with E-state index in [-0.39, 0.29) is 5.71 Å². The molecule has 0 aliphatic carbocycles. The average molecular weight is 245 g/mol. The smallest absolute Gasteiger partial charge is 0.420 e. The lowest BCUT2D eigenvalue weighted by atomic mass is 11.9. The molecule has 0 saturated carbocycles. The van der Waals surface area contributed by atoms with Gasteiger partial charge in [0.25, 0.3) is 37.1 Å². The summed E-state index contributed by atoms with van der Waals surface area (Å²) in [6.45, 7) is 8.16. The summed E-state index contributed by atoms with van der Waals surface area (Å²) in [5.41, 5.74) is 0. The van der Waals surface area contributed by atoms with Crippen LogP contribution in [0.5, 0.6) is 0 Å². The maximum atomic E-state index is 5.65. The molecule has 1 saturated heterocycles. The van der Waals surface area contributed by atoms with Crippen LogP contribution in [0.4, 0.5) is 0 Å². The van der Waals surface area contributed by atoms with E-state index in [1.54, 1.807) is 0 Å². The summed E-state index contributed by atoms with van der Waals surface area (Å²) >= 11 is 0. The minimum absolute atomic E-state index is 0. The first-order valence-electron chi connectivity index (χ1n) is 4.20. The molecule has 0 aromatic rings. The topological polar surface area (TPSA) is 36.9 Å². The Balaban J connectivity index is -0.000000180. The van der Waals surface area contributed by atoms with Crippen LogP contribution >= 0.6 is 0 Å². The van der Waals surface area contributed by atoms with Crippen LogP contribution in [0.15, 0.2) is 0 Å². The van der Waals surface area contributed by atoms with Gasteiger partial charge in [0, 0.05) is 0 Å². The fourth-order valence-corrected chi connectivity index (χ4v) is 13.2. The van der Waals surface area contributed by atoms with Crippen LogP contribution in [-0.4, -0.2) is 37.1 Å². The van der Waals surface area contributed by atoms with E-state index in [0.717, 1.165) is 0 Å². The molecular formula is C4H20O4Si4+4. The van der Waals surface area contributed by atoms with E-state index in [1.165, 1.54) is 0 Å². The first-order valence-corrected chi connectivity index (χ1v) is 12.6. The first-order chi connectivity index (χ1) is 5.58. The maximum Gasteiger partial charge on any atom is 1.00 e. The molecule has 1 aliphatic heterocycles. The van der Waals surface area contributed by atoms with Gasteiger partial charge in [-0.1, -0.05) is 0 Å². The Labute approximate surface area is 86.1 Å². The van der Waals surface area contributed by atoms with Gasteiger partial charge >= 0.3 is 5.71 Å². The standard InChI is InChI=1S/C4H16O4Si4/c1-9-5-10(2)7-12(4)8-11(3)6-9/h9-12H,1-4H3/p+4. The highest BCUT2D eigenvalue weighted by Crippen LogP contribution is 2.06. The van der Waals surface area contributed by atoms with Gasteiger partial charge in [-0.3, -0.25) is 0 Å². The highest BCUT2D eigenvalue weighted by molar-refractivity contribution is 6.72. The fourth-order valence-electron chi connectivity index (χ4n) is 1.21. The lowest BCUT2D eigenvalue weighted by molar-refractivity contribution is 0.295. The van der Waals surface area contributed by atoms with Crippen molar-refractivity contribution in [1.82, 2.24) is 0 Å². The van der Waals surface area contributed by atoms with Crippen molar-refractivity contribution in [3.05, 3.63) is 0 Å². The Hall–Kier alpha value is 0.708. The summed E-state index contributed by atoms with van der Waals surface area (Å²) in [4.78, 5) is 0. The third-order valence-electron chi connectivity index (χ3n) is 1.53. The SMILES string of the molecule is C[SiH]1O[SiH](C)O[SiH](C)O[SiH](C)O1.[H+].[H+].[H+].[H+]. The molecule has 0 amide bonds. The third kappa shape index (κ3) is 3.61. The normalized spacial score (nSPS) is 45.0. The minimum atomic E-state index is -1.42. The molecule has 1 fully saturated rings. The van der Waals surface area contributed by atoms with Crippen molar-refractivity contribution in [2.75, 3.05) is 0 Å². The molecule has 0 atom stereocenters. The van der Waals surface area contributed by atoms with Gasteiger partial charge in [0.2, 0.25) is 0 Å². The summed E-state index contributed by atoms with van der Waals surface area (Å²) in [7, 11) is -5.66. The lowest BCUT2D eigenvalue weighted by Gasteiger charge is -2.28. The summed E-state index contributed by atoms with van der Waals surface area (Å²) in [6.07, 6.45) is 0. The van der Waals surface area contributed by atoms with Gasteiger partial charge in [0.1, 0.15) is 0 Å². The van der Waals surface area contributed by atoms with Crippen LogP contribution in [-0.2, 0) is 16.5 Å². The van der Waals surface area contributed by atoms with Crippen molar-refractivity contribution in [2.24, 2.45) is 0 Å². The van der Waals surface area contributed by atoms with Gasteiger partial charge in [-0.05, 0) is 26.2 Å². The van der Waals surface area contributed by atoms with Gasteiger partial charge in [-0.25, -0.2) is 0 Å². The summed E-state index contributed by atoms with van der Waals surface area (Å²) in [5.74, 6) is 0. The summed E-state index contributed by atoms with van der Waals surface area (Å²) < 4.78 is 22.6. The first kappa shape index (κ1) is 10.8. The average Bonchev–Trinajstić information content (AvgIpc) is 1.81.